The molecular weight excluding hydrogens is 212 g/mol. The Kier molecular flexibility index (Phi) is 3.24. The Morgan fingerprint density at radius 1 is 1.00 bits per heavy atom. The minimum atomic E-state index is 0.0152. The summed E-state index contributed by atoms with van der Waals surface area (Å²) in [7, 11) is 1.58. The minimum absolute atomic E-state index is 0.0152. The number of hydrogen-bond acceptors (Lipinski definition) is 2. The van der Waals surface area contributed by atoms with E-state index < -0.39 is 0 Å². The third-order valence-corrected chi connectivity index (χ3v) is 2.69. The van der Waals surface area contributed by atoms with Crippen molar-refractivity contribution in [1.29, 1.82) is 0 Å². The van der Waals surface area contributed by atoms with Crippen molar-refractivity contribution in [2.45, 2.75) is 6.92 Å². The normalized spacial score (nSPS) is 10.0. The number of ether oxygens (including phenoxy) is 1. The van der Waals surface area contributed by atoms with Crippen LogP contribution in [-0.4, -0.2) is 12.9 Å². The summed E-state index contributed by atoms with van der Waals surface area (Å²) < 4.78 is 5.25. The van der Waals surface area contributed by atoms with Gasteiger partial charge in [0.15, 0.2) is 5.78 Å². The van der Waals surface area contributed by atoms with Gasteiger partial charge in [0.25, 0.3) is 0 Å². The first-order valence-electron chi connectivity index (χ1n) is 5.47. The van der Waals surface area contributed by atoms with Crippen LogP contribution >= 0.6 is 0 Å². The highest BCUT2D eigenvalue weighted by Gasteiger charge is 2.09. The van der Waals surface area contributed by atoms with Crippen molar-refractivity contribution in [2.24, 2.45) is 0 Å². The Morgan fingerprint density at radius 2 is 1.71 bits per heavy atom. The molecule has 86 valence electrons. The highest BCUT2D eigenvalue weighted by molar-refractivity contribution is 5.97. The number of carbonyl (C=O) groups is 1. The molecule has 0 aliphatic heterocycles. The van der Waals surface area contributed by atoms with Gasteiger partial charge in [-0.3, -0.25) is 4.79 Å². The lowest BCUT2D eigenvalue weighted by atomic mass is 10.0. The summed E-state index contributed by atoms with van der Waals surface area (Å²) >= 11 is 0. The summed E-state index contributed by atoms with van der Waals surface area (Å²) in [5.41, 5.74) is 2.78. The first-order valence-corrected chi connectivity index (χ1v) is 5.47. The van der Waals surface area contributed by atoms with Crippen molar-refractivity contribution >= 4 is 5.78 Å². The zero-order chi connectivity index (χ0) is 12.3. The molecule has 0 aromatic heterocycles. The molecular formula is C15H14O2. The fraction of sp³-hybridized carbons (Fsp3) is 0.133. The van der Waals surface area contributed by atoms with Crippen LogP contribution in [0.25, 0.3) is 11.1 Å². The second-order valence-electron chi connectivity index (χ2n) is 3.84. The van der Waals surface area contributed by atoms with Gasteiger partial charge >= 0.3 is 0 Å². The SMILES string of the molecule is COc1cc(-c2ccccc2)ccc1C(C)=O. The maximum Gasteiger partial charge on any atom is 0.163 e. The average Bonchev–Trinajstić information content (AvgIpc) is 2.39. The topological polar surface area (TPSA) is 26.3 Å². The lowest BCUT2D eigenvalue weighted by molar-refractivity contribution is 0.101. The molecule has 2 heteroatoms. The lowest BCUT2D eigenvalue weighted by Gasteiger charge is -2.08. The van der Waals surface area contributed by atoms with Gasteiger partial charge in [-0.1, -0.05) is 36.4 Å². The molecule has 0 radical (unpaired) electrons. The van der Waals surface area contributed by atoms with Crippen LogP contribution in [0, 0.1) is 0 Å². The van der Waals surface area contributed by atoms with Crippen LogP contribution in [0.3, 0.4) is 0 Å². The lowest BCUT2D eigenvalue weighted by Crippen LogP contribution is -1.97. The first-order chi connectivity index (χ1) is 8.22. The van der Waals surface area contributed by atoms with Gasteiger partial charge < -0.3 is 4.74 Å². The van der Waals surface area contributed by atoms with E-state index >= 15 is 0 Å². The molecule has 0 amide bonds. The Labute approximate surface area is 101 Å². The summed E-state index contributed by atoms with van der Waals surface area (Å²) in [5, 5.41) is 0. The number of Topliss-reactive ketones (excluding diaryl/α,β-unsaturated/α-hetero) is 1. The summed E-state index contributed by atoms with van der Waals surface area (Å²) in [4.78, 5) is 11.4. The quantitative estimate of drug-likeness (QED) is 0.748. The maximum atomic E-state index is 11.4. The highest BCUT2D eigenvalue weighted by atomic mass is 16.5. The number of rotatable bonds is 3. The van der Waals surface area contributed by atoms with Gasteiger partial charge in [0.2, 0.25) is 0 Å². The zero-order valence-electron chi connectivity index (χ0n) is 9.94. The molecule has 17 heavy (non-hydrogen) atoms. The standard InChI is InChI=1S/C15H14O2/c1-11(16)14-9-8-13(10-15(14)17-2)12-6-4-3-5-7-12/h3-10H,1-2H3. The Morgan fingerprint density at radius 3 is 2.29 bits per heavy atom. The molecule has 2 aromatic carbocycles. The number of ketones is 1. The van der Waals surface area contributed by atoms with Crippen LogP contribution in [0.4, 0.5) is 0 Å². The van der Waals surface area contributed by atoms with E-state index in [4.69, 9.17) is 4.74 Å². The van der Waals surface area contributed by atoms with Gasteiger partial charge in [-0.25, -0.2) is 0 Å². The smallest absolute Gasteiger partial charge is 0.163 e. The zero-order valence-corrected chi connectivity index (χ0v) is 9.94. The van der Waals surface area contributed by atoms with Gasteiger partial charge in [0, 0.05) is 0 Å². The summed E-state index contributed by atoms with van der Waals surface area (Å²) in [6, 6.07) is 15.7. The molecule has 2 nitrogen and oxygen atoms in total. The fourth-order valence-electron chi connectivity index (χ4n) is 1.79. The molecule has 0 aliphatic rings. The van der Waals surface area contributed by atoms with Gasteiger partial charge in [0.1, 0.15) is 5.75 Å². The summed E-state index contributed by atoms with van der Waals surface area (Å²) in [6.07, 6.45) is 0. The number of methoxy groups -OCH3 is 1. The molecule has 0 saturated carbocycles. The number of hydrogen-bond donors (Lipinski definition) is 0. The molecule has 0 fully saturated rings. The Balaban J connectivity index is 2.49. The predicted octanol–water partition coefficient (Wildman–Crippen LogP) is 3.56. The van der Waals surface area contributed by atoms with Crippen LogP contribution in [0.2, 0.25) is 0 Å². The fourth-order valence-corrected chi connectivity index (χ4v) is 1.79. The van der Waals surface area contributed by atoms with Crippen molar-refractivity contribution in [3.05, 3.63) is 54.1 Å². The largest absolute Gasteiger partial charge is 0.496 e. The highest BCUT2D eigenvalue weighted by Crippen LogP contribution is 2.27. The van der Waals surface area contributed by atoms with E-state index in [1.165, 1.54) is 0 Å². The van der Waals surface area contributed by atoms with E-state index in [9.17, 15) is 4.79 Å². The van der Waals surface area contributed by atoms with Crippen LogP contribution in [0.5, 0.6) is 5.75 Å². The van der Waals surface area contributed by atoms with Crippen molar-refractivity contribution in [3.63, 3.8) is 0 Å². The number of benzene rings is 2. The predicted molar refractivity (Wildman–Crippen MR) is 68.4 cm³/mol. The van der Waals surface area contributed by atoms with Crippen molar-refractivity contribution < 1.29 is 9.53 Å². The third kappa shape index (κ3) is 2.36. The van der Waals surface area contributed by atoms with Crippen LogP contribution in [0.15, 0.2) is 48.5 Å². The minimum Gasteiger partial charge on any atom is -0.496 e. The summed E-state index contributed by atoms with van der Waals surface area (Å²) in [6.45, 7) is 1.54. The molecule has 0 saturated heterocycles. The van der Waals surface area contributed by atoms with E-state index in [0.717, 1.165) is 11.1 Å². The van der Waals surface area contributed by atoms with Gasteiger partial charge in [-0.05, 0) is 30.2 Å². The van der Waals surface area contributed by atoms with E-state index in [2.05, 4.69) is 0 Å². The number of carbonyl (C=O) groups excluding carboxylic acids is 1. The van der Waals surface area contributed by atoms with E-state index in [1.807, 2.05) is 48.5 Å². The second kappa shape index (κ2) is 4.83. The second-order valence-corrected chi connectivity index (χ2v) is 3.84. The first kappa shape index (κ1) is 11.4. The van der Waals surface area contributed by atoms with Gasteiger partial charge in [0.05, 0.1) is 12.7 Å². The molecule has 0 unspecified atom stereocenters. The monoisotopic (exact) mass is 226 g/mol. The van der Waals surface area contributed by atoms with Crippen molar-refractivity contribution in [3.8, 4) is 16.9 Å². The van der Waals surface area contributed by atoms with Crippen LogP contribution in [-0.2, 0) is 0 Å². The molecule has 0 bridgehead atoms. The molecule has 0 N–H and O–H groups in total. The average molecular weight is 226 g/mol. The molecule has 0 spiro atoms. The summed E-state index contributed by atoms with van der Waals surface area (Å²) in [5.74, 6) is 0.639. The molecule has 2 rings (SSSR count). The van der Waals surface area contributed by atoms with Gasteiger partial charge in [-0.2, -0.15) is 0 Å². The third-order valence-electron chi connectivity index (χ3n) is 2.69. The molecule has 0 heterocycles. The van der Waals surface area contributed by atoms with Crippen LogP contribution < -0.4 is 4.74 Å². The Bertz CT molecular complexity index is 530. The maximum absolute atomic E-state index is 11.4. The Hall–Kier alpha value is -2.09. The van der Waals surface area contributed by atoms with Crippen LogP contribution in [0.1, 0.15) is 17.3 Å². The van der Waals surface area contributed by atoms with Gasteiger partial charge in [-0.15, -0.1) is 0 Å². The van der Waals surface area contributed by atoms with Crippen molar-refractivity contribution in [1.82, 2.24) is 0 Å². The molecule has 0 aliphatic carbocycles. The molecule has 0 atom stereocenters. The molecule has 2 aromatic rings. The van der Waals surface area contributed by atoms with E-state index in [1.54, 1.807) is 14.0 Å². The van der Waals surface area contributed by atoms with E-state index in [-0.39, 0.29) is 5.78 Å². The van der Waals surface area contributed by atoms with E-state index in [0.29, 0.717) is 11.3 Å². The van der Waals surface area contributed by atoms with Crippen molar-refractivity contribution in [2.75, 3.05) is 7.11 Å².